The second-order valence-electron chi connectivity index (χ2n) is 4.25. The molecule has 19 heavy (non-hydrogen) atoms. The number of rotatable bonds is 6. The number of hydrogen-bond acceptors (Lipinski definition) is 4. The summed E-state index contributed by atoms with van der Waals surface area (Å²) in [6.45, 7) is 2.15. The number of nitrogens with zero attached hydrogens (tertiary/aromatic N) is 4. The van der Waals surface area contributed by atoms with E-state index in [1.807, 2.05) is 18.6 Å². The molecule has 3 rings (SSSR count). The molecule has 3 N–H and O–H groups in total. The topological polar surface area (TPSA) is 89.3 Å². The molecule has 0 unspecified atom stereocenters. The molecule has 0 radical (unpaired) electrons. The van der Waals surface area contributed by atoms with E-state index in [4.69, 9.17) is 0 Å². The lowest BCUT2D eigenvalue weighted by atomic mass is 10.4. The SMILES string of the molecule is c1c[nH]c(CN(Cc2ncc[nH]2)Cc2ncc[nH]2)n1. The lowest BCUT2D eigenvalue weighted by Crippen LogP contribution is -2.24. The number of nitrogens with one attached hydrogen (secondary N) is 3. The fraction of sp³-hybridized carbons (Fsp3) is 0.250. The lowest BCUT2D eigenvalue weighted by Gasteiger charge is -2.18. The fourth-order valence-electron chi connectivity index (χ4n) is 1.96. The second-order valence-corrected chi connectivity index (χ2v) is 4.25. The van der Waals surface area contributed by atoms with Crippen LogP contribution in [-0.2, 0) is 19.6 Å². The van der Waals surface area contributed by atoms with Crippen molar-refractivity contribution in [2.24, 2.45) is 0 Å². The monoisotopic (exact) mass is 257 g/mol. The third-order valence-corrected chi connectivity index (χ3v) is 2.78. The van der Waals surface area contributed by atoms with Gasteiger partial charge in [0.15, 0.2) is 0 Å². The first-order valence-corrected chi connectivity index (χ1v) is 6.07. The van der Waals surface area contributed by atoms with Gasteiger partial charge in [0.25, 0.3) is 0 Å². The van der Waals surface area contributed by atoms with Gasteiger partial charge >= 0.3 is 0 Å². The average Bonchev–Trinajstić information content (AvgIpc) is 3.10. The summed E-state index contributed by atoms with van der Waals surface area (Å²) in [5.41, 5.74) is 0. The van der Waals surface area contributed by atoms with Crippen molar-refractivity contribution in [3.05, 3.63) is 54.7 Å². The molecule has 0 aliphatic rings. The maximum Gasteiger partial charge on any atom is 0.120 e. The Hall–Kier alpha value is -2.41. The van der Waals surface area contributed by atoms with E-state index in [-0.39, 0.29) is 0 Å². The minimum atomic E-state index is 0.717. The molecule has 0 aliphatic heterocycles. The fourth-order valence-corrected chi connectivity index (χ4v) is 1.96. The summed E-state index contributed by atoms with van der Waals surface area (Å²) in [6, 6.07) is 0. The van der Waals surface area contributed by atoms with E-state index in [1.165, 1.54) is 0 Å². The van der Waals surface area contributed by atoms with Crippen molar-refractivity contribution in [2.45, 2.75) is 19.6 Å². The summed E-state index contributed by atoms with van der Waals surface area (Å²) in [6.07, 6.45) is 10.8. The maximum absolute atomic E-state index is 4.26. The third-order valence-electron chi connectivity index (χ3n) is 2.78. The first-order chi connectivity index (χ1) is 9.40. The van der Waals surface area contributed by atoms with Crippen molar-refractivity contribution in [1.29, 1.82) is 0 Å². The molecule has 0 saturated carbocycles. The summed E-state index contributed by atoms with van der Waals surface area (Å²) < 4.78 is 0. The summed E-state index contributed by atoms with van der Waals surface area (Å²) in [5.74, 6) is 2.79. The molecule has 3 aromatic heterocycles. The largest absolute Gasteiger partial charge is 0.348 e. The van der Waals surface area contributed by atoms with E-state index in [1.54, 1.807) is 18.6 Å². The van der Waals surface area contributed by atoms with Gasteiger partial charge < -0.3 is 15.0 Å². The maximum atomic E-state index is 4.26. The first-order valence-electron chi connectivity index (χ1n) is 6.07. The van der Waals surface area contributed by atoms with Crippen molar-refractivity contribution >= 4 is 0 Å². The van der Waals surface area contributed by atoms with Crippen molar-refractivity contribution in [1.82, 2.24) is 34.8 Å². The van der Waals surface area contributed by atoms with Gasteiger partial charge in [-0.05, 0) is 0 Å². The van der Waals surface area contributed by atoms with Gasteiger partial charge in [0.2, 0.25) is 0 Å². The van der Waals surface area contributed by atoms with Crippen LogP contribution in [0.3, 0.4) is 0 Å². The van der Waals surface area contributed by atoms with Crippen molar-refractivity contribution < 1.29 is 0 Å². The molecule has 0 bridgehead atoms. The zero-order valence-corrected chi connectivity index (χ0v) is 10.4. The van der Waals surface area contributed by atoms with E-state index >= 15 is 0 Å². The zero-order chi connectivity index (χ0) is 12.9. The molecule has 3 aromatic rings. The number of H-pyrrole nitrogens is 3. The minimum absolute atomic E-state index is 0.717. The van der Waals surface area contributed by atoms with Crippen LogP contribution in [0.4, 0.5) is 0 Å². The zero-order valence-electron chi connectivity index (χ0n) is 10.4. The van der Waals surface area contributed by atoms with Crippen molar-refractivity contribution in [2.75, 3.05) is 0 Å². The Morgan fingerprint density at radius 1 is 0.684 bits per heavy atom. The van der Waals surface area contributed by atoms with Gasteiger partial charge in [-0.25, -0.2) is 15.0 Å². The predicted octanol–water partition coefficient (Wildman–Crippen LogP) is 1.06. The molecule has 0 atom stereocenters. The molecule has 7 heteroatoms. The molecule has 98 valence electrons. The molecule has 3 heterocycles. The van der Waals surface area contributed by atoms with E-state index < -0.39 is 0 Å². The van der Waals surface area contributed by atoms with Gasteiger partial charge in [0.1, 0.15) is 17.5 Å². The molecule has 0 amide bonds. The van der Waals surface area contributed by atoms with Crippen LogP contribution in [0.15, 0.2) is 37.2 Å². The highest BCUT2D eigenvalue weighted by molar-refractivity contribution is 4.93. The highest BCUT2D eigenvalue weighted by Gasteiger charge is 2.11. The molecule has 0 fully saturated rings. The lowest BCUT2D eigenvalue weighted by molar-refractivity contribution is 0.231. The van der Waals surface area contributed by atoms with Crippen LogP contribution in [0.5, 0.6) is 0 Å². The highest BCUT2D eigenvalue weighted by atomic mass is 15.2. The molecular weight excluding hydrogens is 242 g/mol. The van der Waals surface area contributed by atoms with Crippen LogP contribution in [0.2, 0.25) is 0 Å². The van der Waals surface area contributed by atoms with Crippen LogP contribution < -0.4 is 0 Å². The molecule has 0 saturated heterocycles. The Morgan fingerprint density at radius 3 is 1.32 bits per heavy atom. The molecule has 7 nitrogen and oxygen atoms in total. The summed E-state index contributed by atoms with van der Waals surface area (Å²) in [5, 5.41) is 0. The second kappa shape index (κ2) is 5.49. The molecule has 0 spiro atoms. The van der Waals surface area contributed by atoms with E-state index in [9.17, 15) is 0 Å². The molecule has 0 aromatic carbocycles. The van der Waals surface area contributed by atoms with Gasteiger partial charge in [-0.1, -0.05) is 0 Å². The van der Waals surface area contributed by atoms with Gasteiger partial charge in [-0.2, -0.15) is 0 Å². The van der Waals surface area contributed by atoms with Crippen LogP contribution in [0.1, 0.15) is 17.5 Å². The standard InChI is InChI=1S/C12H15N7/c1-2-14-10(13-1)7-19(8-11-15-3-4-16-11)9-12-17-5-6-18-12/h1-6H,7-9H2,(H,13,14)(H,15,16)(H,17,18). The smallest absolute Gasteiger partial charge is 0.120 e. The van der Waals surface area contributed by atoms with Gasteiger partial charge in [-0.3, -0.25) is 4.90 Å². The van der Waals surface area contributed by atoms with Crippen LogP contribution in [0.25, 0.3) is 0 Å². The Labute approximate surface area is 110 Å². The summed E-state index contributed by atoms with van der Waals surface area (Å²) >= 11 is 0. The van der Waals surface area contributed by atoms with E-state index in [0.29, 0.717) is 19.6 Å². The Bertz CT molecular complexity index is 481. The number of aromatic amines is 3. The van der Waals surface area contributed by atoms with Crippen molar-refractivity contribution in [3.63, 3.8) is 0 Å². The number of imidazole rings is 3. The Kier molecular flexibility index (Phi) is 3.37. The van der Waals surface area contributed by atoms with E-state index in [2.05, 4.69) is 34.8 Å². The van der Waals surface area contributed by atoms with Crippen LogP contribution >= 0.6 is 0 Å². The van der Waals surface area contributed by atoms with Crippen molar-refractivity contribution in [3.8, 4) is 0 Å². The summed E-state index contributed by atoms with van der Waals surface area (Å²) in [4.78, 5) is 24.3. The summed E-state index contributed by atoms with van der Waals surface area (Å²) in [7, 11) is 0. The normalized spacial score (nSPS) is 11.2. The van der Waals surface area contributed by atoms with Gasteiger partial charge in [0.05, 0.1) is 19.6 Å². The Balaban J connectivity index is 1.70. The predicted molar refractivity (Wildman–Crippen MR) is 68.7 cm³/mol. The van der Waals surface area contributed by atoms with E-state index in [0.717, 1.165) is 17.5 Å². The average molecular weight is 257 g/mol. The first kappa shape index (κ1) is 11.7. The molecular formula is C12H15N7. The third kappa shape index (κ3) is 3.08. The van der Waals surface area contributed by atoms with Gasteiger partial charge in [-0.15, -0.1) is 0 Å². The molecule has 0 aliphatic carbocycles. The van der Waals surface area contributed by atoms with Gasteiger partial charge in [0, 0.05) is 37.2 Å². The minimum Gasteiger partial charge on any atom is -0.348 e. The Morgan fingerprint density at radius 2 is 1.05 bits per heavy atom. The number of hydrogen-bond donors (Lipinski definition) is 3. The number of aromatic nitrogens is 6. The van der Waals surface area contributed by atoms with Crippen LogP contribution in [0, 0.1) is 0 Å². The highest BCUT2D eigenvalue weighted by Crippen LogP contribution is 2.07. The van der Waals surface area contributed by atoms with Crippen LogP contribution in [-0.4, -0.2) is 34.8 Å². The quantitative estimate of drug-likeness (QED) is 0.616.